The Hall–Kier alpha value is -2.94. The highest BCUT2D eigenvalue weighted by Crippen LogP contribution is 2.33. The Morgan fingerprint density at radius 2 is 2.07 bits per heavy atom. The van der Waals surface area contributed by atoms with E-state index in [0.717, 1.165) is 12.1 Å². The molecule has 140 valence electrons. The summed E-state index contributed by atoms with van der Waals surface area (Å²) in [6, 6.07) is 2.71. The number of carbonyl (C=O) groups is 1. The first-order valence-electron chi connectivity index (χ1n) is 7.96. The maximum absolute atomic E-state index is 14.5. The van der Waals surface area contributed by atoms with Crippen LogP contribution in [0, 0.1) is 11.6 Å². The molecule has 1 amide bonds. The van der Waals surface area contributed by atoms with E-state index in [0.29, 0.717) is 16.1 Å². The number of benzene rings is 1. The van der Waals surface area contributed by atoms with Gasteiger partial charge < -0.3 is 19.9 Å². The molecule has 0 radical (unpaired) electrons. The van der Waals surface area contributed by atoms with Crippen molar-refractivity contribution in [3.8, 4) is 5.75 Å². The number of rotatable bonds is 4. The number of nitrogens with one attached hydrogen (secondary N) is 2. The number of aromatic nitrogens is 2. The van der Waals surface area contributed by atoms with Crippen molar-refractivity contribution in [3.05, 3.63) is 46.6 Å². The summed E-state index contributed by atoms with van der Waals surface area (Å²) in [4.78, 5) is 16.4. The molecule has 4 rings (SSSR count). The zero-order valence-corrected chi connectivity index (χ0v) is 14.7. The number of fused-ring (bicyclic) bond motifs is 1. The van der Waals surface area contributed by atoms with E-state index in [2.05, 4.69) is 20.8 Å². The molecular weight excluding hydrogens is 382 g/mol. The second-order valence-corrected chi connectivity index (χ2v) is 6.45. The number of halogens is 3. The van der Waals surface area contributed by atoms with Gasteiger partial charge in [-0.05, 0) is 0 Å². The number of amides is 1. The van der Waals surface area contributed by atoms with Gasteiger partial charge in [-0.15, -0.1) is 0 Å². The molecule has 1 saturated heterocycles. The van der Waals surface area contributed by atoms with Gasteiger partial charge in [0.15, 0.2) is 16.9 Å². The Balaban J connectivity index is 1.70. The third kappa shape index (κ3) is 3.03. The normalized spacial score (nSPS) is 19.3. The van der Waals surface area contributed by atoms with Crippen LogP contribution in [0.3, 0.4) is 0 Å². The number of hydrogen-bond acceptors (Lipinski definition) is 6. The fourth-order valence-corrected chi connectivity index (χ4v) is 3.29. The smallest absolute Gasteiger partial charge is 0.243 e. The van der Waals surface area contributed by atoms with Gasteiger partial charge in [0, 0.05) is 42.4 Å². The maximum atomic E-state index is 14.5. The lowest BCUT2D eigenvalue weighted by Gasteiger charge is -2.19. The molecule has 1 aromatic carbocycles. The van der Waals surface area contributed by atoms with Crippen LogP contribution >= 0.6 is 11.6 Å². The van der Waals surface area contributed by atoms with E-state index >= 15 is 0 Å². The first-order valence-corrected chi connectivity index (χ1v) is 8.34. The van der Waals surface area contributed by atoms with Crippen LogP contribution in [0.5, 0.6) is 5.75 Å². The number of hydrogen-bond donors (Lipinski definition) is 2. The van der Waals surface area contributed by atoms with Crippen molar-refractivity contribution in [2.75, 3.05) is 19.0 Å². The minimum absolute atomic E-state index is 0.0547. The predicted octanol–water partition coefficient (Wildman–Crippen LogP) is 2.86. The zero-order valence-electron chi connectivity index (χ0n) is 13.9. The molecule has 7 nitrogen and oxygen atoms in total. The molecule has 27 heavy (non-hydrogen) atoms. The van der Waals surface area contributed by atoms with Gasteiger partial charge in [-0.3, -0.25) is 4.79 Å². The second kappa shape index (κ2) is 6.66. The van der Waals surface area contributed by atoms with Gasteiger partial charge >= 0.3 is 0 Å². The van der Waals surface area contributed by atoms with Crippen LogP contribution in [-0.2, 0) is 4.79 Å². The quantitative estimate of drug-likeness (QED) is 0.707. The van der Waals surface area contributed by atoms with E-state index in [9.17, 15) is 13.6 Å². The van der Waals surface area contributed by atoms with Gasteiger partial charge in [0.25, 0.3) is 0 Å². The highest BCUT2D eigenvalue weighted by molar-refractivity contribution is 6.31. The van der Waals surface area contributed by atoms with Crippen LogP contribution in [0.2, 0.25) is 5.02 Å². The van der Waals surface area contributed by atoms with Crippen LogP contribution in [0.1, 0.15) is 11.5 Å². The van der Waals surface area contributed by atoms with E-state index in [1.165, 1.54) is 19.4 Å². The van der Waals surface area contributed by atoms with Gasteiger partial charge in [-0.25, -0.2) is 13.8 Å². The van der Waals surface area contributed by atoms with E-state index in [-0.39, 0.29) is 23.7 Å². The van der Waals surface area contributed by atoms with Crippen molar-refractivity contribution in [2.24, 2.45) is 0 Å². The third-order valence-corrected chi connectivity index (χ3v) is 4.62. The predicted molar refractivity (Wildman–Crippen MR) is 92.9 cm³/mol. The first kappa shape index (κ1) is 17.5. The monoisotopic (exact) mass is 394 g/mol. The highest BCUT2D eigenvalue weighted by Gasteiger charge is 2.39. The number of nitrogens with zero attached hydrogens (tertiary/aromatic N) is 2. The minimum Gasteiger partial charge on any atom is -0.497 e. The standard InChI is InChI=1S/C17H13ClF2N4O3/c1-26-8-3-10(19)13(11(20)4-8)9-6-22-17(25)14(9)23-16-15-12(27-24-16)2-7(18)5-21-15/h2-5,9,14H,6H2,1H3,(H,22,25)(H,23,24)/t9-,14-/m0/s1. The summed E-state index contributed by atoms with van der Waals surface area (Å²) in [6.45, 7) is 0.0612. The summed E-state index contributed by atoms with van der Waals surface area (Å²) in [5.41, 5.74) is 0.464. The Kier molecular flexibility index (Phi) is 4.31. The average molecular weight is 395 g/mol. The summed E-state index contributed by atoms with van der Waals surface area (Å²) in [5.74, 6) is -2.57. The SMILES string of the molecule is COc1cc(F)c([C@@H]2CNC(=O)[C@H]2Nc2noc3cc(Cl)cnc23)c(F)c1. The molecule has 0 bridgehead atoms. The topological polar surface area (TPSA) is 89.3 Å². The average Bonchev–Trinajstić information content (AvgIpc) is 3.19. The Labute approximate surface area is 156 Å². The Bertz CT molecular complexity index is 1020. The van der Waals surface area contributed by atoms with Crippen LogP contribution < -0.4 is 15.4 Å². The van der Waals surface area contributed by atoms with Crippen molar-refractivity contribution >= 4 is 34.4 Å². The number of pyridine rings is 1. The van der Waals surface area contributed by atoms with Gasteiger partial charge in [0.05, 0.1) is 12.1 Å². The largest absolute Gasteiger partial charge is 0.497 e. The third-order valence-electron chi connectivity index (χ3n) is 4.41. The highest BCUT2D eigenvalue weighted by atomic mass is 35.5. The van der Waals surface area contributed by atoms with Crippen LogP contribution in [0.25, 0.3) is 11.1 Å². The molecule has 3 aromatic rings. The molecule has 0 spiro atoms. The molecule has 1 fully saturated rings. The number of ether oxygens (including phenoxy) is 1. The molecule has 0 saturated carbocycles. The number of methoxy groups -OCH3 is 1. The lowest BCUT2D eigenvalue weighted by atomic mass is 9.92. The van der Waals surface area contributed by atoms with Gasteiger partial charge in [-0.1, -0.05) is 16.8 Å². The molecule has 2 N–H and O–H groups in total. The maximum Gasteiger partial charge on any atom is 0.243 e. The van der Waals surface area contributed by atoms with E-state index < -0.39 is 29.5 Å². The molecular formula is C17H13ClF2N4O3. The summed E-state index contributed by atoms with van der Waals surface area (Å²) in [6.07, 6.45) is 1.40. The molecule has 3 heterocycles. The van der Waals surface area contributed by atoms with Crippen molar-refractivity contribution < 1.29 is 22.8 Å². The van der Waals surface area contributed by atoms with Crippen molar-refractivity contribution in [3.63, 3.8) is 0 Å². The van der Waals surface area contributed by atoms with E-state index in [4.69, 9.17) is 20.9 Å². The van der Waals surface area contributed by atoms with Gasteiger partial charge in [0.2, 0.25) is 5.91 Å². The Morgan fingerprint density at radius 1 is 1.33 bits per heavy atom. The molecule has 10 heteroatoms. The summed E-state index contributed by atoms with van der Waals surface area (Å²) in [5, 5.41) is 9.69. The Morgan fingerprint density at radius 3 is 2.78 bits per heavy atom. The molecule has 2 atom stereocenters. The fourth-order valence-electron chi connectivity index (χ4n) is 3.14. The zero-order chi connectivity index (χ0) is 19.1. The molecule has 2 aromatic heterocycles. The number of anilines is 1. The molecule has 0 aliphatic carbocycles. The fraction of sp³-hybridized carbons (Fsp3) is 0.235. The number of carbonyl (C=O) groups excluding carboxylic acids is 1. The van der Waals surface area contributed by atoms with Crippen LogP contribution in [0.4, 0.5) is 14.6 Å². The van der Waals surface area contributed by atoms with Crippen molar-refractivity contribution in [1.82, 2.24) is 15.5 Å². The first-order chi connectivity index (χ1) is 13.0. The molecule has 1 aliphatic rings. The summed E-state index contributed by atoms with van der Waals surface area (Å²) in [7, 11) is 1.31. The van der Waals surface area contributed by atoms with Crippen molar-refractivity contribution in [2.45, 2.75) is 12.0 Å². The van der Waals surface area contributed by atoms with Crippen LogP contribution in [-0.4, -0.2) is 35.7 Å². The summed E-state index contributed by atoms with van der Waals surface area (Å²) < 4.78 is 39.0. The van der Waals surface area contributed by atoms with Gasteiger partial charge in [0.1, 0.15) is 23.4 Å². The lowest BCUT2D eigenvalue weighted by Crippen LogP contribution is -2.33. The van der Waals surface area contributed by atoms with E-state index in [1.54, 1.807) is 0 Å². The molecule has 0 unspecified atom stereocenters. The van der Waals surface area contributed by atoms with E-state index in [1.807, 2.05) is 0 Å². The molecule has 1 aliphatic heterocycles. The van der Waals surface area contributed by atoms with Crippen molar-refractivity contribution in [1.29, 1.82) is 0 Å². The van der Waals surface area contributed by atoms with Crippen LogP contribution in [0.15, 0.2) is 28.9 Å². The lowest BCUT2D eigenvalue weighted by molar-refractivity contribution is -0.119. The van der Waals surface area contributed by atoms with Gasteiger partial charge in [-0.2, -0.15) is 0 Å². The minimum atomic E-state index is -0.965. The summed E-state index contributed by atoms with van der Waals surface area (Å²) >= 11 is 5.86. The second-order valence-electron chi connectivity index (χ2n) is 6.01.